The number of benzene rings is 1. The molecule has 1 unspecified atom stereocenters. The lowest BCUT2D eigenvalue weighted by atomic mass is 10.1. The van der Waals surface area contributed by atoms with Crippen LogP contribution >= 0.6 is 0 Å². The molecule has 1 atom stereocenters. The van der Waals surface area contributed by atoms with Crippen molar-refractivity contribution < 1.29 is 13.5 Å². The molecule has 2 rings (SSSR count). The van der Waals surface area contributed by atoms with E-state index in [2.05, 4.69) is 14.9 Å². The Hall–Kier alpha value is -1.70. The van der Waals surface area contributed by atoms with Gasteiger partial charge in [0, 0.05) is 0 Å². The number of aryl methyl sites for hydroxylation is 2. The maximum absolute atomic E-state index is 12.4. The van der Waals surface area contributed by atoms with Crippen LogP contribution in [0.5, 0.6) is 0 Å². The third-order valence-electron chi connectivity index (χ3n) is 3.01. The summed E-state index contributed by atoms with van der Waals surface area (Å²) >= 11 is 0. The third-order valence-corrected chi connectivity index (χ3v) is 4.75. The van der Waals surface area contributed by atoms with Gasteiger partial charge in [0.1, 0.15) is 4.90 Å². The molecule has 3 N–H and O–H groups in total. The minimum Gasteiger partial charge on any atom is -0.394 e. The number of aliphatic hydroxyl groups excluding tert-OH is 1. The van der Waals surface area contributed by atoms with Gasteiger partial charge >= 0.3 is 0 Å². The molecule has 1 aromatic heterocycles. The number of hydrogen-bond donors (Lipinski definition) is 3. The van der Waals surface area contributed by atoms with Gasteiger partial charge in [0.05, 0.1) is 24.0 Å². The van der Waals surface area contributed by atoms with Crippen LogP contribution in [0, 0.1) is 13.8 Å². The second-order valence-electron chi connectivity index (χ2n) is 4.53. The minimum absolute atomic E-state index is 0.131. The summed E-state index contributed by atoms with van der Waals surface area (Å²) < 4.78 is 27.3. The van der Waals surface area contributed by atoms with Crippen molar-refractivity contribution in [2.45, 2.75) is 24.8 Å². The molecule has 0 bridgehead atoms. The van der Waals surface area contributed by atoms with Crippen molar-refractivity contribution in [1.82, 2.24) is 14.9 Å². The standard InChI is InChI=1S/C13H17N3O3S/c1-9-13(10(2)15-14-9)20(18,19)16-12(8-17)11-6-4-3-5-7-11/h3-7,12,16-17H,8H2,1-2H3,(H,14,15). The van der Waals surface area contributed by atoms with Crippen LogP contribution in [0.15, 0.2) is 35.2 Å². The van der Waals surface area contributed by atoms with E-state index in [-0.39, 0.29) is 11.5 Å². The lowest BCUT2D eigenvalue weighted by molar-refractivity contribution is 0.259. The van der Waals surface area contributed by atoms with Crippen LogP contribution in [-0.4, -0.2) is 30.3 Å². The third kappa shape index (κ3) is 2.90. The first-order valence-corrected chi connectivity index (χ1v) is 7.63. The van der Waals surface area contributed by atoms with E-state index in [0.29, 0.717) is 17.0 Å². The van der Waals surface area contributed by atoms with E-state index in [1.54, 1.807) is 38.1 Å². The van der Waals surface area contributed by atoms with Gasteiger partial charge in [0.15, 0.2) is 0 Å². The molecule has 2 aromatic rings. The highest BCUT2D eigenvalue weighted by molar-refractivity contribution is 7.89. The van der Waals surface area contributed by atoms with Crippen molar-refractivity contribution in [3.8, 4) is 0 Å². The fraction of sp³-hybridized carbons (Fsp3) is 0.308. The van der Waals surface area contributed by atoms with E-state index < -0.39 is 16.1 Å². The summed E-state index contributed by atoms with van der Waals surface area (Å²) in [6.45, 7) is 2.94. The summed E-state index contributed by atoms with van der Waals surface area (Å²) in [4.78, 5) is 0.131. The van der Waals surface area contributed by atoms with Gasteiger partial charge in [-0.2, -0.15) is 5.10 Å². The molecule has 0 fully saturated rings. The predicted molar refractivity (Wildman–Crippen MR) is 74.7 cm³/mol. The molecule has 0 saturated carbocycles. The molecule has 0 amide bonds. The zero-order chi connectivity index (χ0) is 14.8. The van der Waals surface area contributed by atoms with E-state index in [1.165, 1.54) is 0 Å². The Morgan fingerprint density at radius 2 is 1.95 bits per heavy atom. The smallest absolute Gasteiger partial charge is 0.244 e. The monoisotopic (exact) mass is 295 g/mol. The molecular weight excluding hydrogens is 278 g/mol. The molecule has 0 saturated heterocycles. The summed E-state index contributed by atoms with van der Waals surface area (Å²) in [7, 11) is -3.74. The normalized spacial score (nSPS) is 13.3. The Morgan fingerprint density at radius 1 is 1.30 bits per heavy atom. The van der Waals surface area contributed by atoms with Gasteiger partial charge in [-0.15, -0.1) is 0 Å². The number of aromatic amines is 1. The molecule has 0 aliphatic carbocycles. The molecule has 7 heteroatoms. The number of aliphatic hydroxyl groups is 1. The van der Waals surface area contributed by atoms with Crippen LogP contribution in [0.1, 0.15) is 23.0 Å². The van der Waals surface area contributed by atoms with Crippen LogP contribution < -0.4 is 4.72 Å². The molecule has 6 nitrogen and oxygen atoms in total. The Morgan fingerprint density at radius 3 is 2.45 bits per heavy atom. The van der Waals surface area contributed by atoms with E-state index in [4.69, 9.17) is 0 Å². The van der Waals surface area contributed by atoms with Crippen LogP contribution in [0.2, 0.25) is 0 Å². The van der Waals surface area contributed by atoms with Crippen molar-refractivity contribution in [1.29, 1.82) is 0 Å². The number of rotatable bonds is 5. The van der Waals surface area contributed by atoms with Crippen molar-refractivity contribution in [2.75, 3.05) is 6.61 Å². The van der Waals surface area contributed by atoms with E-state index in [0.717, 1.165) is 0 Å². The summed E-state index contributed by atoms with van der Waals surface area (Å²) in [5.41, 5.74) is 1.58. The van der Waals surface area contributed by atoms with Crippen molar-refractivity contribution in [2.24, 2.45) is 0 Å². The average molecular weight is 295 g/mol. The lowest BCUT2D eigenvalue weighted by Gasteiger charge is -2.17. The van der Waals surface area contributed by atoms with Crippen molar-refractivity contribution in [3.63, 3.8) is 0 Å². The van der Waals surface area contributed by atoms with Crippen LogP contribution in [-0.2, 0) is 10.0 Å². The maximum atomic E-state index is 12.4. The van der Waals surface area contributed by atoms with Gasteiger partial charge in [-0.1, -0.05) is 30.3 Å². The topological polar surface area (TPSA) is 95.1 Å². The van der Waals surface area contributed by atoms with Gasteiger partial charge < -0.3 is 5.11 Å². The number of hydrogen-bond acceptors (Lipinski definition) is 4. The fourth-order valence-electron chi connectivity index (χ4n) is 2.08. The second-order valence-corrected chi connectivity index (χ2v) is 6.18. The molecule has 0 radical (unpaired) electrons. The first-order valence-electron chi connectivity index (χ1n) is 6.15. The molecule has 1 aromatic carbocycles. The van der Waals surface area contributed by atoms with Gasteiger partial charge in [-0.05, 0) is 19.4 Å². The quantitative estimate of drug-likeness (QED) is 0.768. The highest BCUT2D eigenvalue weighted by Crippen LogP contribution is 2.20. The molecule has 108 valence electrons. The molecule has 0 spiro atoms. The summed E-state index contributed by atoms with van der Waals surface area (Å²) in [5.74, 6) is 0. The number of sulfonamides is 1. The zero-order valence-electron chi connectivity index (χ0n) is 11.3. The van der Waals surface area contributed by atoms with Gasteiger partial charge in [0.2, 0.25) is 10.0 Å². The van der Waals surface area contributed by atoms with Gasteiger partial charge in [-0.25, -0.2) is 13.1 Å². The van der Waals surface area contributed by atoms with E-state index in [1.807, 2.05) is 6.07 Å². The molecule has 0 aliphatic rings. The molecule has 0 aliphatic heterocycles. The second kappa shape index (κ2) is 5.74. The first kappa shape index (κ1) is 14.7. The largest absolute Gasteiger partial charge is 0.394 e. The fourth-order valence-corrected chi connectivity index (χ4v) is 3.67. The minimum atomic E-state index is -3.74. The zero-order valence-corrected chi connectivity index (χ0v) is 12.1. The van der Waals surface area contributed by atoms with E-state index in [9.17, 15) is 13.5 Å². The summed E-state index contributed by atoms with van der Waals surface area (Å²) in [5, 5.41) is 16.0. The Balaban J connectivity index is 2.32. The highest BCUT2D eigenvalue weighted by atomic mass is 32.2. The van der Waals surface area contributed by atoms with Crippen LogP contribution in [0.3, 0.4) is 0 Å². The molecular formula is C13H17N3O3S. The van der Waals surface area contributed by atoms with Crippen molar-refractivity contribution >= 4 is 10.0 Å². The number of aromatic nitrogens is 2. The lowest BCUT2D eigenvalue weighted by Crippen LogP contribution is -2.31. The summed E-state index contributed by atoms with van der Waals surface area (Å²) in [6.07, 6.45) is 0. The first-order chi connectivity index (χ1) is 9.45. The summed E-state index contributed by atoms with van der Waals surface area (Å²) in [6, 6.07) is 8.25. The molecule has 20 heavy (non-hydrogen) atoms. The van der Waals surface area contributed by atoms with Gasteiger partial charge in [0.25, 0.3) is 0 Å². The van der Waals surface area contributed by atoms with Crippen molar-refractivity contribution in [3.05, 3.63) is 47.3 Å². The SMILES string of the molecule is Cc1n[nH]c(C)c1S(=O)(=O)NC(CO)c1ccccc1. The van der Waals surface area contributed by atoms with Gasteiger partial charge in [-0.3, -0.25) is 5.10 Å². The maximum Gasteiger partial charge on any atom is 0.244 e. The average Bonchev–Trinajstić information content (AvgIpc) is 2.77. The predicted octanol–water partition coefficient (Wildman–Crippen LogP) is 1.04. The number of H-pyrrole nitrogens is 1. The number of nitrogens with zero attached hydrogens (tertiary/aromatic N) is 1. The number of nitrogens with one attached hydrogen (secondary N) is 2. The van der Waals surface area contributed by atoms with Crippen LogP contribution in [0.4, 0.5) is 0 Å². The highest BCUT2D eigenvalue weighted by Gasteiger charge is 2.25. The van der Waals surface area contributed by atoms with Crippen LogP contribution in [0.25, 0.3) is 0 Å². The molecule has 1 heterocycles. The van der Waals surface area contributed by atoms with E-state index >= 15 is 0 Å². The Labute approximate surface area is 117 Å². The Bertz CT molecular complexity index is 661. The Kier molecular flexibility index (Phi) is 4.22.